The Hall–Kier alpha value is -2.38. The first-order chi connectivity index (χ1) is 11.7. The van der Waals surface area contributed by atoms with Gasteiger partial charge >= 0.3 is 0 Å². The van der Waals surface area contributed by atoms with Crippen LogP contribution in [0.3, 0.4) is 0 Å². The van der Waals surface area contributed by atoms with E-state index in [1.165, 1.54) is 6.20 Å². The van der Waals surface area contributed by atoms with E-state index in [1.54, 1.807) is 24.5 Å². The lowest BCUT2D eigenvalue weighted by Gasteiger charge is -2.36. The third-order valence-electron chi connectivity index (χ3n) is 3.97. The maximum Gasteiger partial charge on any atom is 0.259 e. The second-order valence-corrected chi connectivity index (χ2v) is 6.04. The minimum atomic E-state index is -0.268. The molecular weight excluding hydrogens is 322 g/mol. The molecule has 124 valence electrons. The highest BCUT2D eigenvalue weighted by molar-refractivity contribution is 7.80. The predicted molar refractivity (Wildman–Crippen MR) is 95.0 cm³/mol. The third-order valence-corrected chi connectivity index (χ3v) is 4.16. The van der Waals surface area contributed by atoms with Crippen molar-refractivity contribution in [3.8, 4) is 0 Å². The van der Waals surface area contributed by atoms with E-state index in [9.17, 15) is 4.79 Å². The van der Waals surface area contributed by atoms with Crippen molar-refractivity contribution in [2.45, 2.75) is 25.3 Å². The zero-order valence-corrected chi connectivity index (χ0v) is 14.0. The summed E-state index contributed by atoms with van der Waals surface area (Å²) in [6.45, 7) is 0.864. The number of carbonyl (C=O) groups excluding carboxylic acids is 1. The normalized spacial score (nSPS) is 17.9. The molecule has 2 aromatic rings. The van der Waals surface area contributed by atoms with E-state index in [0.29, 0.717) is 10.7 Å². The highest BCUT2D eigenvalue weighted by Gasteiger charge is 2.25. The fraction of sp³-hybridized carbons (Fsp3) is 0.294. The fourth-order valence-electron chi connectivity index (χ4n) is 2.82. The van der Waals surface area contributed by atoms with Crippen LogP contribution in [-0.4, -0.2) is 32.5 Å². The number of piperidine rings is 1. The van der Waals surface area contributed by atoms with Gasteiger partial charge in [-0.3, -0.25) is 25.5 Å². The van der Waals surface area contributed by atoms with Crippen LogP contribution < -0.4 is 10.7 Å². The molecule has 1 atom stereocenters. The molecule has 1 amide bonds. The molecule has 1 aliphatic heterocycles. The number of nitrogens with one attached hydrogen (secondary N) is 2. The molecule has 6 nitrogen and oxygen atoms in total. The van der Waals surface area contributed by atoms with Gasteiger partial charge in [0.15, 0.2) is 5.11 Å². The number of carbonyl (C=O) groups is 1. The molecule has 0 aromatic carbocycles. The minimum absolute atomic E-state index is 0.195. The predicted octanol–water partition coefficient (Wildman–Crippen LogP) is 2.22. The summed E-state index contributed by atoms with van der Waals surface area (Å²) in [5.74, 6) is -0.268. The number of hydrogen-bond acceptors (Lipinski definition) is 5. The first kappa shape index (κ1) is 16.5. The average Bonchev–Trinajstić information content (AvgIpc) is 2.63. The van der Waals surface area contributed by atoms with Crippen LogP contribution in [0.15, 0.2) is 49.1 Å². The maximum absolute atomic E-state index is 12.1. The first-order valence-corrected chi connectivity index (χ1v) is 8.33. The zero-order valence-electron chi connectivity index (χ0n) is 13.2. The van der Waals surface area contributed by atoms with Crippen molar-refractivity contribution in [3.05, 3.63) is 60.2 Å². The van der Waals surface area contributed by atoms with Crippen molar-refractivity contribution in [2.75, 3.05) is 6.54 Å². The summed E-state index contributed by atoms with van der Waals surface area (Å²) in [7, 11) is 0. The van der Waals surface area contributed by atoms with E-state index in [-0.39, 0.29) is 11.9 Å². The molecule has 3 rings (SSSR count). The molecule has 0 aliphatic carbocycles. The van der Waals surface area contributed by atoms with Crippen molar-refractivity contribution in [2.24, 2.45) is 0 Å². The molecule has 1 aliphatic rings. The lowest BCUT2D eigenvalue weighted by molar-refractivity contribution is 0.0957. The van der Waals surface area contributed by atoms with Crippen molar-refractivity contribution in [3.63, 3.8) is 0 Å². The Labute approximate surface area is 146 Å². The summed E-state index contributed by atoms with van der Waals surface area (Å²) in [6.07, 6.45) is 10.1. The summed E-state index contributed by atoms with van der Waals surface area (Å²) >= 11 is 5.29. The second kappa shape index (κ2) is 7.94. The number of aromatic nitrogens is 2. The van der Waals surface area contributed by atoms with Gasteiger partial charge in [0, 0.05) is 31.3 Å². The average molecular weight is 341 g/mol. The van der Waals surface area contributed by atoms with Gasteiger partial charge in [0.1, 0.15) is 0 Å². The maximum atomic E-state index is 12.1. The summed E-state index contributed by atoms with van der Waals surface area (Å²) in [5.41, 5.74) is 4.77. The van der Waals surface area contributed by atoms with E-state index in [0.717, 1.165) is 31.4 Å². The van der Waals surface area contributed by atoms with E-state index in [2.05, 4.69) is 31.8 Å². The number of pyridine rings is 2. The van der Waals surface area contributed by atoms with E-state index in [4.69, 9.17) is 12.2 Å². The molecule has 1 fully saturated rings. The fourth-order valence-corrected chi connectivity index (χ4v) is 3.03. The van der Waals surface area contributed by atoms with Crippen LogP contribution in [0.4, 0.5) is 0 Å². The quantitative estimate of drug-likeness (QED) is 0.834. The minimum Gasteiger partial charge on any atom is -0.298 e. The number of amides is 1. The highest BCUT2D eigenvalue weighted by atomic mass is 32.1. The Morgan fingerprint density at radius 3 is 2.67 bits per heavy atom. The molecule has 0 saturated carbocycles. The molecule has 0 unspecified atom stereocenters. The lowest BCUT2D eigenvalue weighted by Crippen LogP contribution is -2.51. The number of thiocarbonyl (C=S) groups is 1. The summed E-state index contributed by atoms with van der Waals surface area (Å²) < 4.78 is 0. The van der Waals surface area contributed by atoms with Crippen LogP contribution >= 0.6 is 12.2 Å². The van der Waals surface area contributed by atoms with Crippen LogP contribution in [-0.2, 0) is 0 Å². The van der Waals surface area contributed by atoms with Gasteiger partial charge in [-0.15, -0.1) is 0 Å². The van der Waals surface area contributed by atoms with Crippen LogP contribution in [0.25, 0.3) is 0 Å². The van der Waals surface area contributed by atoms with Gasteiger partial charge < -0.3 is 0 Å². The Bertz CT molecular complexity index is 695. The van der Waals surface area contributed by atoms with Gasteiger partial charge in [-0.25, -0.2) is 5.01 Å². The van der Waals surface area contributed by atoms with Crippen LogP contribution in [0.5, 0.6) is 0 Å². The number of rotatable bonds is 3. The summed E-state index contributed by atoms with van der Waals surface area (Å²) in [4.78, 5) is 20.3. The lowest BCUT2D eigenvalue weighted by atomic mass is 9.98. The molecule has 1 saturated heterocycles. The van der Waals surface area contributed by atoms with E-state index >= 15 is 0 Å². The van der Waals surface area contributed by atoms with E-state index in [1.807, 2.05) is 12.3 Å². The van der Waals surface area contributed by atoms with E-state index < -0.39 is 0 Å². The Balaban J connectivity index is 1.63. The number of hydrogen-bond donors (Lipinski definition) is 2. The standard InChI is InChI=1S/C17H19N5OS/c23-16(14-6-4-9-19-12-14)20-17(24)21-22-10-2-1-7-15(22)13-5-3-8-18-11-13/h3-6,8-9,11-12,15H,1-2,7,10H2,(H2,20,21,23,24)/t15-/m1/s1. The first-order valence-electron chi connectivity index (χ1n) is 7.92. The third kappa shape index (κ3) is 4.12. The number of hydrazine groups is 1. The molecular formula is C17H19N5OS. The Morgan fingerprint density at radius 1 is 1.17 bits per heavy atom. The summed E-state index contributed by atoms with van der Waals surface area (Å²) in [6, 6.07) is 7.61. The smallest absolute Gasteiger partial charge is 0.259 e. The summed E-state index contributed by atoms with van der Waals surface area (Å²) in [5, 5.41) is 5.07. The molecule has 2 aromatic heterocycles. The van der Waals surface area contributed by atoms with Crippen molar-refractivity contribution in [1.82, 2.24) is 25.7 Å². The van der Waals surface area contributed by atoms with Crippen molar-refractivity contribution in [1.29, 1.82) is 0 Å². The molecule has 7 heteroatoms. The van der Waals surface area contributed by atoms with Crippen molar-refractivity contribution < 1.29 is 4.79 Å². The molecule has 3 heterocycles. The second-order valence-electron chi connectivity index (χ2n) is 5.63. The van der Waals surface area contributed by atoms with Crippen LogP contribution in [0, 0.1) is 0 Å². The van der Waals surface area contributed by atoms with Gasteiger partial charge in [0.05, 0.1) is 11.6 Å². The molecule has 0 radical (unpaired) electrons. The SMILES string of the molecule is O=C(NC(=S)NN1CCCC[C@@H]1c1cccnc1)c1cccnc1. The number of nitrogens with zero attached hydrogens (tertiary/aromatic N) is 3. The van der Waals surface area contributed by atoms with Crippen LogP contribution in [0.2, 0.25) is 0 Å². The Morgan fingerprint density at radius 2 is 1.96 bits per heavy atom. The largest absolute Gasteiger partial charge is 0.298 e. The van der Waals surface area contributed by atoms with Gasteiger partial charge in [0.25, 0.3) is 5.91 Å². The van der Waals surface area contributed by atoms with Crippen molar-refractivity contribution >= 4 is 23.2 Å². The van der Waals surface area contributed by atoms with Gasteiger partial charge in [-0.1, -0.05) is 12.5 Å². The zero-order chi connectivity index (χ0) is 16.8. The Kier molecular flexibility index (Phi) is 5.45. The monoisotopic (exact) mass is 341 g/mol. The molecule has 24 heavy (non-hydrogen) atoms. The highest BCUT2D eigenvalue weighted by Crippen LogP contribution is 2.28. The van der Waals surface area contributed by atoms with Gasteiger partial charge in [0.2, 0.25) is 0 Å². The molecule has 0 spiro atoms. The topological polar surface area (TPSA) is 70.2 Å². The molecule has 2 N–H and O–H groups in total. The van der Waals surface area contributed by atoms with Crippen LogP contribution in [0.1, 0.15) is 41.2 Å². The van der Waals surface area contributed by atoms with Gasteiger partial charge in [-0.05, 0) is 48.8 Å². The van der Waals surface area contributed by atoms with Gasteiger partial charge in [-0.2, -0.15) is 0 Å². The molecule has 0 bridgehead atoms.